The van der Waals surface area contributed by atoms with Crippen molar-refractivity contribution in [3.05, 3.63) is 54.0 Å². The van der Waals surface area contributed by atoms with Crippen molar-refractivity contribution in [1.29, 1.82) is 0 Å². The molecule has 8 nitrogen and oxygen atoms in total. The predicted molar refractivity (Wildman–Crippen MR) is 145 cm³/mol. The second kappa shape index (κ2) is 12.3. The van der Waals surface area contributed by atoms with E-state index in [1.165, 1.54) is 11.6 Å². The first kappa shape index (κ1) is 26.8. The van der Waals surface area contributed by atoms with Crippen molar-refractivity contribution in [3.8, 4) is 11.5 Å². The molecule has 0 bridgehead atoms. The molecule has 1 fully saturated rings. The fourth-order valence-corrected chi connectivity index (χ4v) is 4.52. The number of ether oxygens (including phenoxy) is 2. The Morgan fingerprint density at radius 2 is 1.89 bits per heavy atom. The first-order valence-corrected chi connectivity index (χ1v) is 12.9. The minimum Gasteiger partial charge on any atom is -0.493 e. The molecule has 1 atom stereocenters. The topological polar surface area (TPSA) is 73.1 Å². The number of unbranched alkanes of at least 4 members (excludes halogenated alkanes) is 1. The molecule has 2 amide bonds. The number of rotatable bonds is 10. The molecule has 1 aromatic heterocycles. The Kier molecular flexibility index (Phi) is 8.89. The van der Waals surface area contributed by atoms with E-state index in [4.69, 9.17) is 9.47 Å². The summed E-state index contributed by atoms with van der Waals surface area (Å²) in [7, 11) is 5.48. The Balaban J connectivity index is 1.21. The zero-order valence-electron chi connectivity index (χ0n) is 22.2. The molecule has 0 radical (unpaired) electrons. The SMILES string of the molecule is COc1ccc(NC(=O)N2CCN(CCCCc3c[nH]c4ccc(F)cc34)CC2)cc1OC(C)N(C)C. The van der Waals surface area contributed by atoms with Crippen LogP contribution in [0, 0.1) is 5.82 Å². The number of H-pyrrole nitrogens is 1. The lowest BCUT2D eigenvalue weighted by atomic mass is 10.1. The summed E-state index contributed by atoms with van der Waals surface area (Å²) in [6.07, 6.45) is 4.87. The number of aromatic amines is 1. The molecular weight excluding hydrogens is 473 g/mol. The number of fused-ring (bicyclic) bond motifs is 1. The summed E-state index contributed by atoms with van der Waals surface area (Å²) in [5.74, 6) is 1.01. The summed E-state index contributed by atoms with van der Waals surface area (Å²) in [6, 6.07) is 10.2. The maximum Gasteiger partial charge on any atom is 0.321 e. The monoisotopic (exact) mass is 511 g/mol. The van der Waals surface area contributed by atoms with Gasteiger partial charge in [0, 0.05) is 55.0 Å². The van der Waals surface area contributed by atoms with Crippen LogP contribution in [0.4, 0.5) is 14.9 Å². The maximum atomic E-state index is 13.6. The van der Waals surface area contributed by atoms with Crippen molar-refractivity contribution >= 4 is 22.6 Å². The number of nitrogens with one attached hydrogen (secondary N) is 2. The number of nitrogens with zero attached hydrogens (tertiary/aromatic N) is 3. The summed E-state index contributed by atoms with van der Waals surface area (Å²) >= 11 is 0. The Morgan fingerprint density at radius 3 is 2.62 bits per heavy atom. The number of hydrogen-bond donors (Lipinski definition) is 2. The van der Waals surface area contributed by atoms with Crippen LogP contribution in [-0.4, -0.2) is 85.9 Å². The summed E-state index contributed by atoms with van der Waals surface area (Å²) in [6.45, 7) is 6.02. The zero-order valence-corrected chi connectivity index (χ0v) is 22.2. The molecule has 4 rings (SSSR count). The molecule has 9 heteroatoms. The third kappa shape index (κ3) is 6.93. The van der Waals surface area contributed by atoms with Crippen LogP contribution in [0.3, 0.4) is 0 Å². The molecular formula is C28H38FN5O3. The number of urea groups is 1. The van der Waals surface area contributed by atoms with E-state index in [0.29, 0.717) is 30.3 Å². The Bertz CT molecular complexity index is 1190. The standard InChI is InChI=1S/C28H38FN5O3/c1-20(32(2)3)37-27-18-23(9-11-26(27)36-4)31-28(35)34-15-13-33(14-16-34)12-6-5-7-21-19-30-25-10-8-22(29)17-24(21)25/h8-11,17-20,30H,5-7,12-16H2,1-4H3,(H,31,35). The summed E-state index contributed by atoms with van der Waals surface area (Å²) < 4.78 is 25.0. The zero-order chi connectivity index (χ0) is 26.4. The second-order valence-electron chi connectivity index (χ2n) is 9.77. The van der Waals surface area contributed by atoms with Gasteiger partial charge in [0.15, 0.2) is 11.5 Å². The molecule has 37 heavy (non-hydrogen) atoms. The van der Waals surface area contributed by atoms with Crippen LogP contribution < -0.4 is 14.8 Å². The van der Waals surface area contributed by atoms with Crippen LogP contribution in [-0.2, 0) is 6.42 Å². The van der Waals surface area contributed by atoms with Gasteiger partial charge < -0.3 is 24.7 Å². The van der Waals surface area contributed by atoms with Gasteiger partial charge in [0.2, 0.25) is 0 Å². The first-order valence-electron chi connectivity index (χ1n) is 12.9. The average Bonchev–Trinajstić information content (AvgIpc) is 3.29. The molecule has 200 valence electrons. The van der Waals surface area contributed by atoms with Gasteiger partial charge in [0.25, 0.3) is 0 Å². The summed E-state index contributed by atoms with van der Waals surface area (Å²) in [5.41, 5.74) is 2.82. The Labute approximate surface area is 218 Å². The molecule has 1 aliphatic heterocycles. The van der Waals surface area contributed by atoms with Crippen LogP contribution >= 0.6 is 0 Å². The summed E-state index contributed by atoms with van der Waals surface area (Å²) in [4.78, 5) is 22.3. The molecule has 0 saturated carbocycles. The number of piperazine rings is 1. The van der Waals surface area contributed by atoms with Gasteiger partial charge >= 0.3 is 6.03 Å². The van der Waals surface area contributed by atoms with E-state index >= 15 is 0 Å². The van der Waals surface area contributed by atoms with Gasteiger partial charge in [-0.1, -0.05) is 0 Å². The number of amides is 2. The number of carbonyl (C=O) groups is 1. The van der Waals surface area contributed by atoms with E-state index in [0.717, 1.165) is 49.8 Å². The molecule has 2 heterocycles. The largest absolute Gasteiger partial charge is 0.493 e. The second-order valence-corrected chi connectivity index (χ2v) is 9.77. The minimum atomic E-state index is -0.199. The Hall–Kier alpha value is -3.30. The lowest BCUT2D eigenvalue weighted by Crippen LogP contribution is -2.50. The molecule has 1 saturated heterocycles. The fourth-order valence-electron chi connectivity index (χ4n) is 4.52. The number of methoxy groups -OCH3 is 1. The molecule has 2 aromatic carbocycles. The van der Waals surface area contributed by atoms with E-state index in [1.54, 1.807) is 31.4 Å². The third-order valence-electron chi connectivity index (χ3n) is 7.00. The van der Waals surface area contributed by atoms with E-state index in [2.05, 4.69) is 15.2 Å². The number of benzene rings is 2. The molecule has 3 aromatic rings. The fraction of sp³-hybridized carbons (Fsp3) is 0.464. The number of aromatic nitrogens is 1. The van der Waals surface area contributed by atoms with Crippen LogP contribution in [0.2, 0.25) is 0 Å². The van der Waals surface area contributed by atoms with E-state index in [1.807, 2.05) is 43.1 Å². The van der Waals surface area contributed by atoms with Crippen molar-refractivity contribution in [2.75, 3.05) is 59.2 Å². The number of halogens is 1. The quantitative estimate of drug-likeness (QED) is 0.303. The van der Waals surface area contributed by atoms with Crippen LogP contribution in [0.1, 0.15) is 25.3 Å². The lowest BCUT2D eigenvalue weighted by Gasteiger charge is -2.34. The highest BCUT2D eigenvalue weighted by molar-refractivity contribution is 5.89. The van der Waals surface area contributed by atoms with Crippen molar-refractivity contribution < 1.29 is 18.7 Å². The van der Waals surface area contributed by atoms with Crippen molar-refractivity contribution in [2.45, 2.75) is 32.4 Å². The first-order chi connectivity index (χ1) is 17.8. The number of anilines is 1. The minimum absolute atomic E-state index is 0.108. The highest BCUT2D eigenvalue weighted by Crippen LogP contribution is 2.31. The number of aryl methyl sites for hydroxylation is 1. The summed E-state index contributed by atoms with van der Waals surface area (Å²) in [5, 5.41) is 3.97. The van der Waals surface area contributed by atoms with Gasteiger partial charge in [-0.15, -0.1) is 0 Å². The van der Waals surface area contributed by atoms with E-state index < -0.39 is 0 Å². The van der Waals surface area contributed by atoms with Crippen molar-refractivity contribution in [2.24, 2.45) is 0 Å². The van der Waals surface area contributed by atoms with Crippen LogP contribution in [0.15, 0.2) is 42.6 Å². The highest BCUT2D eigenvalue weighted by atomic mass is 19.1. The van der Waals surface area contributed by atoms with Gasteiger partial charge in [-0.3, -0.25) is 9.80 Å². The number of hydrogen-bond acceptors (Lipinski definition) is 5. The molecule has 0 aliphatic carbocycles. The Morgan fingerprint density at radius 1 is 1.11 bits per heavy atom. The average molecular weight is 512 g/mol. The van der Waals surface area contributed by atoms with E-state index in [-0.39, 0.29) is 18.1 Å². The van der Waals surface area contributed by atoms with Crippen LogP contribution in [0.25, 0.3) is 10.9 Å². The highest BCUT2D eigenvalue weighted by Gasteiger charge is 2.21. The van der Waals surface area contributed by atoms with Gasteiger partial charge in [-0.25, -0.2) is 9.18 Å². The predicted octanol–water partition coefficient (Wildman–Crippen LogP) is 4.77. The van der Waals surface area contributed by atoms with Crippen molar-refractivity contribution in [3.63, 3.8) is 0 Å². The van der Waals surface area contributed by atoms with Gasteiger partial charge in [0.05, 0.1) is 7.11 Å². The molecule has 2 N–H and O–H groups in total. The molecule has 1 aliphatic rings. The third-order valence-corrected chi connectivity index (χ3v) is 7.00. The van der Waals surface area contributed by atoms with Crippen LogP contribution in [0.5, 0.6) is 11.5 Å². The van der Waals surface area contributed by atoms with Gasteiger partial charge in [-0.05, 0) is 82.7 Å². The van der Waals surface area contributed by atoms with Gasteiger partial charge in [0.1, 0.15) is 12.0 Å². The van der Waals surface area contributed by atoms with E-state index in [9.17, 15) is 9.18 Å². The van der Waals surface area contributed by atoms with Gasteiger partial charge in [-0.2, -0.15) is 0 Å². The van der Waals surface area contributed by atoms with Crippen molar-refractivity contribution in [1.82, 2.24) is 19.7 Å². The lowest BCUT2D eigenvalue weighted by molar-refractivity contribution is 0.0785. The number of carbonyl (C=O) groups excluding carboxylic acids is 1. The molecule has 0 spiro atoms. The smallest absolute Gasteiger partial charge is 0.321 e. The molecule has 1 unspecified atom stereocenters. The normalized spacial score (nSPS) is 15.2. The maximum absolute atomic E-state index is 13.6.